The number of carbonyl (C=O) groups is 1. The van der Waals surface area contributed by atoms with Gasteiger partial charge in [0.25, 0.3) is 0 Å². The van der Waals surface area contributed by atoms with E-state index in [9.17, 15) is 4.79 Å². The van der Waals surface area contributed by atoms with E-state index in [0.717, 1.165) is 58.8 Å². The summed E-state index contributed by atoms with van der Waals surface area (Å²) < 4.78 is 0. The lowest BCUT2D eigenvalue weighted by molar-refractivity contribution is -0.121. The second kappa shape index (κ2) is 17.4. The summed E-state index contributed by atoms with van der Waals surface area (Å²) in [6.45, 7) is 12.8. The molecule has 0 aromatic heterocycles. The van der Waals surface area contributed by atoms with Crippen LogP contribution in [0.2, 0.25) is 0 Å². The second-order valence-electron chi connectivity index (χ2n) is 5.10. The smallest absolute Gasteiger partial charge is 0.220 e. The zero-order valence-corrected chi connectivity index (χ0v) is 13.9. The minimum Gasteiger partial charge on any atom is -0.355 e. The van der Waals surface area contributed by atoms with Gasteiger partial charge in [0.2, 0.25) is 5.91 Å². The van der Waals surface area contributed by atoms with Gasteiger partial charge in [0.1, 0.15) is 0 Å². The van der Waals surface area contributed by atoms with Gasteiger partial charge >= 0.3 is 0 Å². The van der Waals surface area contributed by atoms with Gasteiger partial charge in [-0.05, 0) is 19.4 Å². The maximum atomic E-state index is 11.2. The Hall–Kier alpha value is -0.690. The summed E-state index contributed by atoms with van der Waals surface area (Å²) in [5.74, 6) is 0.150. The predicted octanol–water partition coefficient (Wildman–Crippen LogP) is -0.329. The summed E-state index contributed by atoms with van der Waals surface area (Å²) in [6.07, 6.45) is 2.73. The summed E-state index contributed by atoms with van der Waals surface area (Å²) >= 11 is 0. The Labute approximate surface area is 130 Å². The van der Waals surface area contributed by atoms with Crippen LogP contribution in [0.5, 0.6) is 0 Å². The molecule has 1 amide bonds. The standard InChI is InChI=1S/C15H35N5O/c1-3-5-15(21)20-14-13-19-12-11-18-10-9-17-8-7-16-6-4-2/h16-19H,3-14H2,1-2H3,(H,20,21). The van der Waals surface area contributed by atoms with E-state index < -0.39 is 0 Å². The van der Waals surface area contributed by atoms with Crippen LogP contribution in [0.25, 0.3) is 0 Å². The first-order valence-electron chi connectivity index (χ1n) is 8.40. The largest absolute Gasteiger partial charge is 0.355 e. The van der Waals surface area contributed by atoms with Gasteiger partial charge in [-0.1, -0.05) is 13.8 Å². The molecule has 0 fully saturated rings. The summed E-state index contributed by atoms with van der Waals surface area (Å²) in [5, 5.41) is 16.3. The van der Waals surface area contributed by atoms with Crippen molar-refractivity contribution in [3.05, 3.63) is 0 Å². The summed E-state index contributed by atoms with van der Waals surface area (Å²) in [7, 11) is 0. The number of amides is 1. The zero-order chi connectivity index (χ0) is 15.6. The topological polar surface area (TPSA) is 77.2 Å². The van der Waals surface area contributed by atoms with Crippen LogP contribution in [-0.4, -0.2) is 64.8 Å². The summed E-state index contributed by atoms with van der Waals surface area (Å²) in [5.41, 5.74) is 0. The molecular formula is C15H35N5O. The van der Waals surface area contributed by atoms with Crippen LogP contribution in [0.15, 0.2) is 0 Å². The van der Waals surface area contributed by atoms with Crippen molar-refractivity contribution in [1.82, 2.24) is 26.6 Å². The Morgan fingerprint density at radius 3 is 1.48 bits per heavy atom. The monoisotopic (exact) mass is 301 g/mol. The molecule has 0 unspecified atom stereocenters. The molecule has 0 spiro atoms. The Morgan fingerprint density at radius 2 is 1.05 bits per heavy atom. The summed E-state index contributed by atoms with van der Waals surface area (Å²) in [6, 6.07) is 0. The normalized spacial score (nSPS) is 10.8. The molecule has 0 aliphatic rings. The van der Waals surface area contributed by atoms with Crippen molar-refractivity contribution in [2.75, 3.05) is 58.9 Å². The number of nitrogens with one attached hydrogen (secondary N) is 5. The molecule has 0 aromatic rings. The van der Waals surface area contributed by atoms with E-state index >= 15 is 0 Å². The van der Waals surface area contributed by atoms with E-state index in [2.05, 4.69) is 33.5 Å². The molecule has 0 heterocycles. The van der Waals surface area contributed by atoms with E-state index in [0.29, 0.717) is 13.0 Å². The number of rotatable bonds is 16. The molecule has 6 nitrogen and oxygen atoms in total. The van der Waals surface area contributed by atoms with Gasteiger partial charge in [-0.25, -0.2) is 0 Å². The molecule has 0 saturated heterocycles. The van der Waals surface area contributed by atoms with Crippen molar-refractivity contribution in [3.63, 3.8) is 0 Å². The molecular weight excluding hydrogens is 266 g/mol. The molecule has 5 N–H and O–H groups in total. The van der Waals surface area contributed by atoms with Crippen LogP contribution < -0.4 is 26.6 Å². The fourth-order valence-corrected chi connectivity index (χ4v) is 1.81. The van der Waals surface area contributed by atoms with Gasteiger partial charge in [-0.2, -0.15) is 0 Å². The summed E-state index contributed by atoms with van der Waals surface area (Å²) in [4.78, 5) is 11.2. The fraction of sp³-hybridized carbons (Fsp3) is 0.933. The molecule has 0 saturated carbocycles. The molecule has 6 heteroatoms. The van der Waals surface area contributed by atoms with Crippen LogP contribution in [-0.2, 0) is 4.79 Å². The Bertz CT molecular complexity index is 226. The van der Waals surface area contributed by atoms with E-state index in [4.69, 9.17) is 0 Å². The van der Waals surface area contributed by atoms with Crippen LogP contribution in [0.4, 0.5) is 0 Å². The molecule has 0 aliphatic carbocycles. The third kappa shape index (κ3) is 17.3. The highest BCUT2D eigenvalue weighted by Crippen LogP contribution is 1.83. The first kappa shape index (κ1) is 20.3. The Kier molecular flexibility index (Phi) is 16.8. The zero-order valence-electron chi connectivity index (χ0n) is 13.9. The minimum absolute atomic E-state index is 0.150. The fourth-order valence-electron chi connectivity index (χ4n) is 1.81. The van der Waals surface area contributed by atoms with Gasteiger partial charge in [-0.15, -0.1) is 0 Å². The van der Waals surface area contributed by atoms with E-state index in [1.807, 2.05) is 6.92 Å². The first-order chi connectivity index (χ1) is 10.3. The molecule has 0 bridgehead atoms. The average Bonchev–Trinajstić information content (AvgIpc) is 2.48. The maximum absolute atomic E-state index is 11.2. The lowest BCUT2D eigenvalue weighted by Crippen LogP contribution is -2.37. The van der Waals surface area contributed by atoms with Crippen molar-refractivity contribution in [3.8, 4) is 0 Å². The van der Waals surface area contributed by atoms with Crippen molar-refractivity contribution < 1.29 is 4.79 Å². The number of carbonyl (C=O) groups excluding carboxylic acids is 1. The molecule has 21 heavy (non-hydrogen) atoms. The third-order valence-electron chi connectivity index (χ3n) is 2.96. The van der Waals surface area contributed by atoms with Gasteiger partial charge in [0, 0.05) is 58.8 Å². The van der Waals surface area contributed by atoms with Crippen molar-refractivity contribution in [2.45, 2.75) is 33.1 Å². The predicted molar refractivity (Wildman–Crippen MR) is 89.7 cm³/mol. The Balaban J connectivity index is 3.01. The second-order valence-corrected chi connectivity index (χ2v) is 5.10. The highest BCUT2D eigenvalue weighted by atomic mass is 16.1. The van der Waals surface area contributed by atoms with Crippen LogP contribution in [0.1, 0.15) is 33.1 Å². The van der Waals surface area contributed by atoms with Crippen molar-refractivity contribution in [2.24, 2.45) is 0 Å². The van der Waals surface area contributed by atoms with Gasteiger partial charge in [0.05, 0.1) is 0 Å². The highest BCUT2D eigenvalue weighted by Gasteiger charge is 1.96. The molecule has 0 aliphatic heterocycles. The SMILES string of the molecule is CCCNCCNCCNCCNCCNC(=O)CCC. The Morgan fingerprint density at radius 1 is 0.619 bits per heavy atom. The van der Waals surface area contributed by atoms with Crippen LogP contribution in [0, 0.1) is 0 Å². The molecule has 0 aromatic carbocycles. The molecule has 126 valence electrons. The van der Waals surface area contributed by atoms with Crippen LogP contribution >= 0.6 is 0 Å². The number of hydrogen-bond acceptors (Lipinski definition) is 5. The van der Waals surface area contributed by atoms with Gasteiger partial charge in [-0.3, -0.25) is 4.79 Å². The molecule has 0 radical (unpaired) electrons. The third-order valence-corrected chi connectivity index (χ3v) is 2.96. The highest BCUT2D eigenvalue weighted by molar-refractivity contribution is 5.75. The average molecular weight is 301 g/mol. The lowest BCUT2D eigenvalue weighted by atomic mass is 10.3. The minimum atomic E-state index is 0.150. The molecule has 0 atom stereocenters. The van der Waals surface area contributed by atoms with Crippen molar-refractivity contribution >= 4 is 5.91 Å². The molecule has 0 rings (SSSR count). The maximum Gasteiger partial charge on any atom is 0.220 e. The number of hydrogen-bond donors (Lipinski definition) is 5. The van der Waals surface area contributed by atoms with E-state index in [1.54, 1.807) is 0 Å². The van der Waals surface area contributed by atoms with E-state index in [-0.39, 0.29) is 5.91 Å². The van der Waals surface area contributed by atoms with Crippen molar-refractivity contribution in [1.29, 1.82) is 0 Å². The van der Waals surface area contributed by atoms with E-state index in [1.165, 1.54) is 6.42 Å². The first-order valence-corrected chi connectivity index (χ1v) is 8.40. The quantitative estimate of drug-likeness (QED) is 0.252. The van der Waals surface area contributed by atoms with Gasteiger partial charge < -0.3 is 26.6 Å². The lowest BCUT2D eigenvalue weighted by Gasteiger charge is -2.08. The van der Waals surface area contributed by atoms with Gasteiger partial charge in [0.15, 0.2) is 0 Å². The van der Waals surface area contributed by atoms with Crippen LogP contribution in [0.3, 0.4) is 0 Å².